The summed E-state index contributed by atoms with van der Waals surface area (Å²) < 4.78 is 0. The highest BCUT2D eigenvalue weighted by Crippen LogP contribution is 2.08. The van der Waals surface area contributed by atoms with Crippen LogP contribution in [0.15, 0.2) is 42.1 Å². The first-order valence-electron chi connectivity index (χ1n) is 6.15. The number of para-hydroxylation sites is 1. The third-order valence-corrected chi connectivity index (χ3v) is 2.71. The van der Waals surface area contributed by atoms with Crippen molar-refractivity contribution in [3.63, 3.8) is 0 Å². The fourth-order valence-corrected chi connectivity index (χ4v) is 1.74. The summed E-state index contributed by atoms with van der Waals surface area (Å²) in [6.45, 7) is 3.03. The molecule has 0 saturated carbocycles. The zero-order valence-corrected chi connectivity index (χ0v) is 10.8. The Bertz CT molecular complexity index is 514. The molecule has 2 aromatic rings. The molecule has 2 rings (SSSR count). The lowest BCUT2D eigenvalue weighted by molar-refractivity contribution is 0.750. The van der Waals surface area contributed by atoms with Crippen molar-refractivity contribution in [1.29, 1.82) is 0 Å². The molecule has 1 N–H and O–H groups in total. The normalized spacial score (nSPS) is 11.8. The molecule has 0 amide bonds. The van der Waals surface area contributed by atoms with E-state index in [1.165, 1.54) is 5.57 Å². The van der Waals surface area contributed by atoms with Crippen LogP contribution in [0.25, 0.3) is 11.8 Å². The van der Waals surface area contributed by atoms with Gasteiger partial charge in [-0.2, -0.15) is 9.90 Å². The van der Waals surface area contributed by atoms with Crippen LogP contribution >= 0.6 is 0 Å². The number of likely N-dealkylation sites (N-methyl/N-ethyl adjacent to an activating group) is 1. The minimum atomic E-state index is 0.884. The lowest BCUT2D eigenvalue weighted by atomic mass is 10.2. The van der Waals surface area contributed by atoms with Crippen LogP contribution in [0.3, 0.4) is 0 Å². The van der Waals surface area contributed by atoms with E-state index in [1.807, 2.05) is 37.4 Å². The Morgan fingerprint density at radius 3 is 2.78 bits per heavy atom. The Balaban J connectivity index is 2.20. The van der Waals surface area contributed by atoms with Crippen LogP contribution in [-0.2, 0) is 0 Å². The molecule has 0 aliphatic carbocycles. The van der Waals surface area contributed by atoms with Crippen molar-refractivity contribution in [3.05, 3.63) is 47.8 Å². The first kappa shape index (κ1) is 12.5. The van der Waals surface area contributed by atoms with Crippen molar-refractivity contribution in [2.45, 2.75) is 13.3 Å². The number of nitrogens with zero attached hydrogens (tertiary/aromatic N) is 3. The summed E-state index contributed by atoms with van der Waals surface area (Å²) in [6.07, 6.45) is 4.89. The Morgan fingerprint density at radius 1 is 1.33 bits per heavy atom. The lowest BCUT2D eigenvalue weighted by Crippen LogP contribution is -2.09. The average molecular weight is 242 g/mol. The molecule has 0 aliphatic rings. The number of aromatic nitrogens is 3. The summed E-state index contributed by atoms with van der Waals surface area (Å²) in [6, 6.07) is 9.92. The van der Waals surface area contributed by atoms with E-state index < -0.39 is 0 Å². The van der Waals surface area contributed by atoms with Crippen LogP contribution < -0.4 is 5.32 Å². The predicted molar refractivity (Wildman–Crippen MR) is 73.6 cm³/mol. The van der Waals surface area contributed by atoms with E-state index in [-0.39, 0.29) is 0 Å². The largest absolute Gasteiger partial charge is 0.316 e. The third kappa shape index (κ3) is 3.05. The highest BCUT2D eigenvalue weighted by Gasteiger charge is 2.01. The number of benzene rings is 1. The van der Waals surface area contributed by atoms with Crippen LogP contribution in [0.1, 0.15) is 19.0 Å². The van der Waals surface area contributed by atoms with Crippen molar-refractivity contribution >= 4 is 6.08 Å². The van der Waals surface area contributed by atoms with Gasteiger partial charge in [0, 0.05) is 6.54 Å². The molecule has 1 aromatic heterocycles. The molecule has 0 aliphatic heterocycles. The van der Waals surface area contributed by atoms with Crippen LogP contribution in [0.2, 0.25) is 0 Å². The smallest absolute Gasteiger partial charge is 0.106 e. The predicted octanol–water partition coefficient (Wildman–Crippen LogP) is 2.28. The molecule has 0 spiro atoms. The monoisotopic (exact) mass is 242 g/mol. The zero-order valence-electron chi connectivity index (χ0n) is 10.8. The van der Waals surface area contributed by atoms with E-state index >= 15 is 0 Å². The van der Waals surface area contributed by atoms with Gasteiger partial charge in [-0.3, -0.25) is 0 Å². The van der Waals surface area contributed by atoms with E-state index in [4.69, 9.17) is 0 Å². The lowest BCUT2D eigenvalue weighted by Gasteiger charge is -2.01. The molecule has 0 saturated heterocycles. The molecule has 1 heterocycles. The average Bonchev–Trinajstić information content (AvgIpc) is 2.88. The SMILES string of the molecule is CCC(=Cc1cnn(-c2ccccc2)n1)CNC. The molecule has 0 unspecified atom stereocenters. The highest BCUT2D eigenvalue weighted by molar-refractivity contribution is 5.48. The first-order valence-corrected chi connectivity index (χ1v) is 6.15. The summed E-state index contributed by atoms with van der Waals surface area (Å²) in [7, 11) is 1.95. The maximum absolute atomic E-state index is 4.45. The van der Waals surface area contributed by atoms with Crippen LogP contribution in [-0.4, -0.2) is 28.6 Å². The van der Waals surface area contributed by atoms with E-state index in [1.54, 1.807) is 11.0 Å². The molecule has 94 valence electrons. The Labute approximate surface area is 107 Å². The summed E-state index contributed by atoms with van der Waals surface area (Å²) in [5, 5.41) is 11.9. The van der Waals surface area contributed by atoms with Gasteiger partial charge in [0.15, 0.2) is 0 Å². The fourth-order valence-electron chi connectivity index (χ4n) is 1.74. The van der Waals surface area contributed by atoms with Crippen molar-refractivity contribution in [2.24, 2.45) is 0 Å². The molecule has 0 atom stereocenters. The third-order valence-electron chi connectivity index (χ3n) is 2.71. The molecule has 0 radical (unpaired) electrons. The highest BCUT2D eigenvalue weighted by atomic mass is 15.5. The fraction of sp³-hybridized carbons (Fsp3) is 0.286. The second kappa shape index (κ2) is 6.12. The summed E-state index contributed by atoms with van der Waals surface area (Å²) in [4.78, 5) is 1.65. The van der Waals surface area contributed by atoms with E-state index in [9.17, 15) is 0 Å². The minimum absolute atomic E-state index is 0.884. The quantitative estimate of drug-likeness (QED) is 0.874. The standard InChI is InChI=1S/C14H18N4/c1-3-12(10-15-2)9-13-11-16-18(17-13)14-7-5-4-6-8-14/h4-9,11,15H,3,10H2,1-2H3. The van der Waals surface area contributed by atoms with Gasteiger partial charge in [0.05, 0.1) is 11.9 Å². The van der Waals surface area contributed by atoms with Gasteiger partial charge in [-0.05, 0) is 31.7 Å². The molecule has 0 bridgehead atoms. The van der Waals surface area contributed by atoms with Gasteiger partial charge in [0.1, 0.15) is 5.69 Å². The topological polar surface area (TPSA) is 42.7 Å². The van der Waals surface area contributed by atoms with Crippen LogP contribution in [0.5, 0.6) is 0 Å². The van der Waals surface area contributed by atoms with Gasteiger partial charge >= 0.3 is 0 Å². The maximum atomic E-state index is 4.45. The zero-order chi connectivity index (χ0) is 12.8. The number of rotatable bonds is 5. The van der Waals surface area contributed by atoms with Gasteiger partial charge in [-0.1, -0.05) is 30.7 Å². The van der Waals surface area contributed by atoms with E-state index in [0.717, 1.165) is 24.3 Å². The van der Waals surface area contributed by atoms with E-state index in [2.05, 4.69) is 28.5 Å². The molecule has 4 nitrogen and oxygen atoms in total. The minimum Gasteiger partial charge on any atom is -0.316 e. The van der Waals surface area contributed by atoms with Gasteiger partial charge in [-0.25, -0.2) is 0 Å². The summed E-state index contributed by atoms with van der Waals surface area (Å²) >= 11 is 0. The summed E-state index contributed by atoms with van der Waals surface area (Å²) in [5.41, 5.74) is 3.19. The van der Waals surface area contributed by atoms with Crippen molar-refractivity contribution in [3.8, 4) is 5.69 Å². The molecule has 4 heteroatoms. The number of hydrogen-bond acceptors (Lipinski definition) is 3. The molecular weight excluding hydrogens is 224 g/mol. The van der Waals surface area contributed by atoms with E-state index in [0.29, 0.717) is 0 Å². The second-order valence-electron chi connectivity index (χ2n) is 4.08. The number of hydrogen-bond donors (Lipinski definition) is 1. The van der Waals surface area contributed by atoms with Crippen molar-refractivity contribution in [2.75, 3.05) is 13.6 Å². The number of nitrogens with one attached hydrogen (secondary N) is 1. The first-order chi connectivity index (χ1) is 8.83. The van der Waals surface area contributed by atoms with Crippen molar-refractivity contribution < 1.29 is 0 Å². The van der Waals surface area contributed by atoms with Gasteiger partial charge in [-0.15, -0.1) is 5.10 Å². The molecule has 0 fully saturated rings. The van der Waals surface area contributed by atoms with Gasteiger partial charge in [0.2, 0.25) is 0 Å². The van der Waals surface area contributed by atoms with Crippen molar-refractivity contribution in [1.82, 2.24) is 20.3 Å². The maximum Gasteiger partial charge on any atom is 0.106 e. The second-order valence-corrected chi connectivity index (χ2v) is 4.08. The summed E-state index contributed by atoms with van der Waals surface area (Å²) in [5.74, 6) is 0. The van der Waals surface area contributed by atoms with Crippen LogP contribution in [0.4, 0.5) is 0 Å². The van der Waals surface area contributed by atoms with Gasteiger partial charge in [0.25, 0.3) is 0 Å². The van der Waals surface area contributed by atoms with Crippen LogP contribution in [0, 0.1) is 0 Å². The Hall–Kier alpha value is -1.94. The van der Waals surface area contributed by atoms with Gasteiger partial charge < -0.3 is 5.32 Å². The Kier molecular flexibility index (Phi) is 4.25. The Morgan fingerprint density at radius 2 is 2.11 bits per heavy atom. The molecule has 1 aromatic carbocycles. The molecule has 18 heavy (non-hydrogen) atoms. The molecular formula is C14H18N4.